The van der Waals surface area contributed by atoms with Crippen molar-refractivity contribution in [1.82, 2.24) is 0 Å². The van der Waals surface area contributed by atoms with Crippen molar-refractivity contribution in [3.05, 3.63) is 48.0 Å². The molecule has 0 aliphatic rings. The Hall–Kier alpha value is -1.91. The van der Waals surface area contributed by atoms with Gasteiger partial charge < -0.3 is 11.5 Å². The lowest BCUT2D eigenvalue weighted by Gasteiger charge is -2.27. The number of fused-ring (bicyclic) bond motifs is 1. The lowest BCUT2D eigenvalue weighted by atomic mass is 9.81. The monoisotopic (exact) mass is 320 g/mol. The second kappa shape index (κ2) is 7.38. The van der Waals surface area contributed by atoms with Crippen molar-refractivity contribution >= 4 is 34.9 Å². The number of primary amides is 1. The lowest BCUT2D eigenvalue weighted by Crippen LogP contribution is -2.47. The Morgan fingerprint density at radius 3 is 2.32 bits per heavy atom. The highest BCUT2D eigenvalue weighted by molar-refractivity contribution is 5.95. The van der Waals surface area contributed by atoms with Crippen molar-refractivity contribution in [3.63, 3.8) is 0 Å². The predicted molar refractivity (Wildman–Crippen MR) is 90.8 cm³/mol. The van der Waals surface area contributed by atoms with Crippen LogP contribution in [-0.2, 0) is 15.1 Å². The van der Waals surface area contributed by atoms with Crippen LogP contribution in [0.4, 0.5) is 0 Å². The normalized spacial score (nSPS) is 13.2. The topological polar surface area (TPSA) is 86.2 Å². The van der Waals surface area contributed by atoms with E-state index in [1.54, 1.807) is 6.07 Å². The zero-order valence-corrected chi connectivity index (χ0v) is 13.4. The first kappa shape index (κ1) is 18.1. The average Bonchev–Trinajstić information content (AvgIpc) is 2.46. The standard InChI is InChI=1S/C17H20N2O2.ClH/c1-2-5-15(20)17(19,11-16(18)21)14-9-8-12-6-3-4-7-13(12)10-14;/h3-4,6-10H,2,5,11,19H2,1H3,(H2,18,21);1H. The highest BCUT2D eigenvalue weighted by atomic mass is 35.5. The molecule has 0 saturated carbocycles. The van der Waals surface area contributed by atoms with Gasteiger partial charge in [0.05, 0.1) is 6.42 Å². The maximum atomic E-state index is 12.4. The number of nitrogens with two attached hydrogens (primary N) is 2. The molecular formula is C17H21ClN2O2. The number of carbonyl (C=O) groups is 2. The van der Waals surface area contributed by atoms with Crippen LogP contribution in [0.5, 0.6) is 0 Å². The Labute approximate surface area is 136 Å². The van der Waals surface area contributed by atoms with Crippen LogP contribution in [0, 0.1) is 0 Å². The van der Waals surface area contributed by atoms with Gasteiger partial charge in [-0.05, 0) is 28.8 Å². The quantitative estimate of drug-likeness (QED) is 0.858. The summed E-state index contributed by atoms with van der Waals surface area (Å²) in [5.41, 5.74) is 10.9. The largest absolute Gasteiger partial charge is 0.370 e. The molecular weight excluding hydrogens is 300 g/mol. The van der Waals surface area contributed by atoms with Gasteiger partial charge in [-0.3, -0.25) is 9.59 Å². The zero-order chi connectivity index (χ0) is 15.5. The molecule has 2 aromatic rings. The van der Waals surface area contributed by atoms with Gasteiger partial charge in [0.15, 0.2) is 5.78 Å². The summed E-state index contributed by atoms with van der Waals surface area (Å²) < 4.78 is 0. The van der Waals surface area contributed by atoms with E-state index in [0.717, 1.165) is 10.8 Å². The fraction of sp³-hybridized carbons (Fsp3) is 0.294. The molecule has 0 aliphatic heterocycles. The van der Waals surface area contributed by atoms with Crippen molar-refractivity contribution in [3.8, 4) is 0 Å². The van der Waals surface area contributed by atoms with E-state index >= 15 is 0 Å². The van der Waals surface area contributed by atoms with E-state index in [1.165, 1.54) is 0 Å². The van der Waals surface area contributed by atoms with E-state index in [-0.39, 0.29) is 24.6 Å². The fourth-order valence-electron chi connectivity index (χ4n) is 2.55. The number of hydrogen-bond donors (Lipinski definition) is 2. The Kier molecular flexibility index (Phi) is 6.09. The third-order valence-corrected chi connectivity index (χ3v) is 3.69. The minimum Gasteiger partial charge on any atom is -0.370 e. The van der Waals surface area contributed by atoms with Crippen LogP contribution < -0.4 is 11.5 Å². The molecule has 0 fully saturated rings. The second-order valence-electron chi connectivity index (χ2n) is 5.35. The Balaban J connectivity index is 0.00000242. The molecule has 0 aromatic heterocycles. The van der Waals surface area contributed by atoms with E-state index in [1.807, 2.05) is 43.3 Å². The molecule has 1 unspecified atom stereocenters. The molecule has 0 spiro atoms. The van der Waals surface area contributed by atoms with Gasteiger partial charge in [0.2, 0.25) is 5.91 Å². The summed E-state index contributed by atoms with van der Waals surface area (Å²) in [6.07, 6.45) is 0.838. The number of halogens is 1. The molecule has 1 atom stereocenters. The summed E-state index contributed by atoms with van der Waals surface area (Å²) in [5, 5.41) is 2.05. The van der Waals surface area contributed by atoms with Gasteiger partial charge in [-0.2, -0.15) is 0 Å². The maximum Gasteiger partial charge on any atom is 0.220 e. The molecule has 4 N–H and O–H groups in total. The molecule has 0 radical (unpaired) electrons. The minimum absolute atomic E-state index is 0. The van der Waals surface area contributed by atoms with E-state index < -0.39 is 11.4 Å². The highest BCUT2D eigenvalue weighted by Gasteiger charge is 2.36. The van der Waals surface area contributed by atoms with E-state index in [2.05, 4.69) is 0 Å². The van der Waals surface area contributed by atoms with Crippen molar-refractivity contribution in [2.75, 3.05) is 0 Å². The summed E-state index contributed by atoms with van der Waals surface area (Å²) in [5.74, 6) is -0.728. The van der Waals surface area contributed by atoms with Crippen LogP contribution in [0.2, 0.25) is 0 Å². The molecule has 118 valence electrons. The van der Waals surface area contributed by atoms with E-state index in [4.69, 9.17) is 11.5 Å². The molecule has 4 nitrogen and oxygen atoms in total. The summed E-state index contributed by atoms with van der Waals surface area (Å²) in [7, 11) is 0. The molecule has 2 aromatic carbocycles. The number of benzene rings is 2. The number of rotatable bonds is 6. The third kappa shape index (κ3) is 3.64. The van der Waals surface area contributed by atoms with Gasteiger partial charge in [-0.15, -0.1) is 12.4 Å². The van der Waals surface area contributed by atoms with Gasteiger partial charge in [-0.1, -0.05) is 43.3 Å². The predicted octanol–water partition coefficient (Wildman–Crippen LogP) is 2.66. The average molecular weight is 321 g/mol. The summed E-state index contributed by atoms with van der Waals surface area (Å²) in [4.78, 5) is 23.8. The third-order valence-electron chi connectivity index (χ3n) is 3.69. The Morgan fingerprint density at radius 2 is 1.73 bits per heavy atom. The molecule has 0 saturated heterocycles. The molecule has 5 heteroatoms. The smallest absolute Gasteiger partial charge is 0.220 e. The first-order valence-electron chi connectivity index (χ1n) is 7.07. The molecule has 2 rings (SSSR count). The first-order chi connectivity index (χ1) is 9.97. The highest BCUT2D eigenvalue weighted by Crippen LogP contribution is 2.28. The second-order valence-corrected chi connectivity index (χ2v) is 5.35. The van der Waals surface area contributed by atoms with Crippen LogP contribution >= 0.6 is 12.4 Å². The van der Waals surface area contributed by atoms with Crippen molar-refractivity contribution in [1.29, 1.82) is 0 Å². The van der Waals surface area contributed by atoms with Crippen LogP contribution in [0.1, 0.15) is 31.7 Å². The maximum absolute atomic E-state index is 12.4. The summed E-state index contributed by atoms with van der Waals surface area (Å²) >= 11 is 0. The van der Waals surface area contributed by atoms with Gasteiger partial charge in [0.1, 0.15) is 5.54 Å². The Bertz CT molecular complexity index is 687. The Morgan fingerprint density at radius 1 is 1.09 bits per heavy atom. The number of ketones is 1. The zero-order valence-electron chi connectivity index (χ0n) is 12.5. The van der Waals surface area contributed by atoms with Crippen LogP contribution in [0.25, 0.3) is 10.8 Å². The number of amides is 1. The molecule has 0 aliphatic carbocycles. The van der Waals surface area contributed by atoms with Crippen LogP contribution in [0.15, 0.2) is 42.5 Å². The number of carbonyl (C=O) groups excluding carboxylic acids is 2. The van der Waals surface area contributed by atoms with Gasteiger partial charge in [0.25, 0.3) is 0 Å². The van der Waals surface area contributed by atoms with E-state index in [0.29, 0.717) is 18.4 Å². The molecule has 1 amide bonds. The van der Waals surface area contributed by atoms with Crippen molar-refractivity contribution < 1.29 is 9.59 Å². The molecule has 0 heterocycles. The van der Waals surface area contributed by atoms with Gasteiger partial charge in [-0.25, -0.2) is 0 Å². The molecule has 0 bridgehead atoms. The van der Waals surface area contributed by atoms with Crippen LogP contribution in [-0.4, -0.2) is 11.7 Å². The minimum atomic E-state index is -1.34. The van der Waals surface area contributed by atoms with E-state index in [9.17, 15) is 9.59 Å². The first-order valence-corrected chi connectivity index (χ1v) is 7.07. The summed E-state index contributed by atoms with van der Waals surface area (Å²) in [6.45, 7) is 1.91. The fourth-order valence-corrected chi connectivity index (χ4v) is 2.55. The number of Topliss-reactive ketones (excluding diaryl/α,β-unsaturated/α-hetero) is 1. The number of hydrogen-bond acceptors (Lipinski definition) is 3. The van der Waals surface area contributed by atoms with Crippen molar-refractivity contribution in [2.45, 2.75) is 31.7 Å². The summed E-state index contributed by atoms with van der Waals surface area (Å²) in [6, 6.07) is 13.4. The lowest BCUT2D eigenvalue weighted by molar-refractivity contribution is -0.129. The molecule has 22 heavy (non-hydrogen) atoms. The van der Waals surface area contributed by atoms with Gasteiger partial charge in [0, 0.05) is 6.42 Å². The SMILES string of the molecule is CCCC(=O)C(N)(CC(N)=O)c1ccc2ccccc2c1.Cl. The van der Waals surface area contributed by atoms with Gasteiger partial charge >= 0.3 is 0 Å². The van der Waals surface area contributed by atoms with Crippen molar-refractivity contribution in [2.24, 2.45) is 11.5 Å². The van der Waals surface area contributed by atoms with Crippen LogP contribution in [0.3, 0.4) is 0 Å².